The second-order valence-corrected chi connectivity index (χ2v) is 9.66. The summed E-state index contributed by atoms with van der Waals surface area (Å²) in [5, 5.41) is 3.23. The van der Waals surface area contributed by atoms with Gasteiger partial charge in [0.15, 0.2) is 5.13 Å². The number of anilines is 2. The number of carbonyl (C=O) groups is 1. The Morgan fingerprint density at radius 3 is 2.50 bits per heavy atom. The first-order valence-electron chi connectivity index (χ1n) is 9.09. The van der Waals surface area contributed by atoms with E-state index in [1.165, 1.54) is 11.3 Å². The van der Waals surface area contributed by atoms with Gasteiger partial charge >= 0.3 is 0 Å². The maximum absolute atomic E-state index is 12.7. The molecule has 0 atom stereocenters. The van der Waals surface area contributed by atoms with Crippen LogP contribution in [0.15, 0.2) is 47.4 Å². The number of rotatable bonds is 7. The minimum absolute atomic E-state index is 0.110. The number of hydrogen-bond donors (Lipinski definition) is 2. The highest BCUT2D eigenvalue weighted by Crippen LogP contribution is 2.29. The van der Waals surface area contributed by atoms with E-state index in [2.05, 4.69) is 28.9 Å². The van der Waals surface area contributed by atoms with Crippen molar-refractivity contribution < 1.29 is 13.2 Å². The summed E-state index contributed by atoms with van der Waals surface area (Å²) in [6.07, 6.45) is 1.28. The van der Waals surface area contributed by atoms with Crippen LogP contribution >= 0.6 is 11.3 Å². The molecule has 6 nitrogen and oxygen atoms in total. The van der Waals surface area contributed by atoms with Crippen LogP contribution in [-0.2, 0) is 21.2 Å². The minimum atomic E-state index is -3.69. The summed E-state index contributed by atoms with van der Waals surface area (Å²) in [5.41, 5.74) is 2.17. The molecule has 0 aliphatic heterocycles. The van der Waals surface area contributed by atoms with E-state index in [-0.39, 0.29) is 10.8 Å². The molecule has 0 aliphatic rings. The molecular formula is C20H23N3O3S2. The predicted molar refractivity (Wildman–Crippen MR) is 114 cm³/mol. The molecule has 3 rings (SSSR count). The number of fused-ring (bicyclic) bond motifs is 1. The zero-order chi connectivity index (χ0) is 20.3. The molecule has 1 heterocycles. The molecule has 148 valence electrons. The normalized spacial score (nSPS) is 11.7. The van der Waals surface area contributed by atoms with E-state index in [1.807, 2.05) is 12.1 Å². The number of hydrogen-bond acceptors (Lipinski definition) is 5. The smallest absolute Gasteiger partial charge is 0.261 e. The maximum Gasteiger partial charge on any atom is 0.261 e. The highest BCUT2D eigenvalue weighted by atomic mass is 32.2. The van der Waals surface area contributed by atoms with Gasteiger partial charge in [0, 0.05) is 6.42 Å². The van der Waals surface area contributed by atoms with Crippen molar-refractivity contribution in [2.75, 3.05) is 10.0 Å². The van der Waals surface area contributed by atoms with Crippen LogP contribution in [0.1, 0.15) is 32.8 Å². The van der Waals surface area contributed by atoms with Crippen LogP contribution in [0.3, 0.4) is 0 Å². The molecule has 0 aliphatic carbocycles. The van der Waals surface area contributed by atoms with Gasteiger partial charge in [-0.05, 0) is 48.2 Å². The largest absolute Gasteiger partial charge is 0.302 e. The zero-order valence-electron chi connectivity index (χ0n) is 16.0. The van der Waals surface area contributed by atoms with Gasteiger partial charge in [-0.3, -0.25) is 9.52 Å². The highest BCUT2D eigenvalue weighted by Gasteiger charge is 2.15. The van der Waals surface area contributed by atoms with Crippen LogP contribution in [0.2, 0.25) is 0 Å². The quantitative estimate of drug-likeness (QED) is 0.586. The summed E-state index contributed by atoms with van der Waals surface area (Å²) in [4.78, 5) is 16.1. The van der Waals surface area contributed by atoms with E-state index in [0.717, 1.165) is 16.7 Å². The predicted octanol–water partition coefficient (Wildman–Crippen LogP) is 4.64. The molecule has 0 unspecified atom stereocenters. The molecule has 0 fully saturated rings. The SMILES string of the molecule is CCC(=O)Nc1nc2cc(NS(=O)(=O)c3ccc(CC(C)C)cc3)ccc2s1. The number of nitrogens with one attached hydrogen (secondary N) is 2. The van der Waals surface area contributed by atoms with Crippen LogP contribution in [0, 0.1) is 5.92 Å². The number of carbonyl (C=O) groups excluding carboxylic acids is 1. The van der Waals surface area contributed by atoms with E-state index >= 15 is 0 Å². The summed E-state index contributed by atoms with van der Waals surface area (Å²) in [7, 11) is -3.69. The van der Waals surface area contributed by atoms with E-state index < -0.39 is 10.0 Å². The Hall–Kier alpha value is -2.45. The van der Waals surface area contributed by atoms with Crippen molar-refractivity contribution in [1.29, 1.82) is 0 Å². The van der Waals surface area contributed by atoms with Gasteiger partial charge < -0.3 is 5.32 Å². The molecule has 2 N–H and O–H groups in total. The summed E-state index contributed by atoms with van der Waals surface area (Å²) >= 11 is 1.35. The summed E-state index contributed by atoms with van der Waals surface area (Å²) in [6, 6.07) is 12.1. The lowest BCUT2D eigenvalue weighted by Gasteiger charge is -2.09. The molecular weight excluding hydrogens is 394 g/mol. The first-order chi connectivity index (χ1) is 13.3. The third-order valence-electron chi connectivity index (χ3n) is 4.08. The minimum Gasteiger partial charge on any atom is -0.302 e. The Morgan fingerprint density at radius 2 is 1.86 bits per heavy atom. The fourth-order valence-electron chi connectivity index (χ4n) is 2.74. The van der Waals surface area contributed by atoms with Gasteiger partial charge in [0.05, 0.1) is 20.8 Å². The Balaban J connectivity index is 1.79. The zero-order valence-corrected chi connectivity index (χ0v) is 17.7. The van der Waals surface area contributed by atoms with E-state index in [9.17, 15) is 13.2 Å². The molecule has 28 heavy (non-hydrogen) atoms. The number of amides is 1. The molecule has 0 saturated carbocycles. The number of nitrogens with zero attached hydrogens (tertiary/aromatic N) is 1. The van der Waals surface area contributed by atoms with Crippen LogP contribution in [0.25, 0.3) is 10.2 Å². The highest BCUT2D eigenvalue weighted by molar-refractivity contribution is 7.92. The van der Waals surface area contributed by atoms with Crippen molar-refractivity contribution in [3.8, 4) is 0 Å². The van der Waals surface area contributed by atoms with Crippen molar-refractivity contribution in [3.63, 3.8) is 0 Å². The third kappa shape index (κ3) is 4.88. The summed E-state index contributed by atoms with van der Waals surface area (Å²) in [5.74, 6) is 0.401. The van der Waals surface area contributed by atoms with Crippen LogP contribution in [0.4, 0.5) is 10.8 Å². The van der Waals surface area contributed by atoms with Gasteiger partial charge in [-0.1, -0.05) is 44.2 Å². The molecule has 0 bridgehead atoms. The van der Waals surface area contributed by atoms with E-state index in [4.69, 9.17) is 0 Å². The van der Waals surface area contributed by atoms with Crippen LogP contribution in [-0.4, -0.2) is 19.3 Å². The monoisotopic (exact) mass is 417 g/mol. The molecule has 0 saturated heterocycles. The van der Waals surface area contributed by atoms with Gasteiger partial charge in [-0.25, -0.2) is 13.4 Å². The van der Waals surface area contributed by atoms with Gasteiger partial charge in [0.25, 0.3) is 10.0 Å². The molecule has 0 radical (unpaired) electrons. The molecule has 1 amide bonds. The number of aromatic nitrogens is 1. The standard InChI is InChI=1S/C20H23N3O3S2/c1-4-19(24)22-20-21-17-12-15(7-10-18(17)27-20)23-28(25,26)16-8-5-14(6-9-16)11-13(2)3/h5-10,12-13,23H,4,11H2,1-3H3,(H,21,22,24). The summed E-state index contributed by atoms with van der Waals surface area (Å²) < 4.78 is 28.8. The number of benzene rings is 2. The molecule has 8 heteroatoms. The Kier molecular flexibility index (Phi) is 6.00. The van der Waals surface area contributed by atoms with Crippen molar-refractivity contribution in [1.82, 2.24) is 4.98 Å². The second kappa shape index (κ2) is 8.28. The second-order valence-electron chi connectivity index (χ2n) is 6.95. The van der Waals surface area contributed by atoms with Crippen molar-refractivity contribution >= 4 is 48.3 Å². The third-order valence-corrected chi connectivity index (χ3v) is 6.43. The van der Waals surface area contributed by atoms with Crippen LogP contribution in [0.5, 0.6) is 0 Å². The van der Waals surface area contributed by atoms with E-state index in [1.54, 1.807) is 37.3 Å². The lowest BCUT2D eigenvalue weighted by molar-refractivity contribution is -0.115. The van der Waals surface area contributed by atoms with Crippen molar-refractivity contribution in [2.45, 2.75) is 38.5 Å². The Labute approximate surface area is 169 Å². The number of thiazole rings is 1. The lowest BCUT2D eigenvalue weighted by Crippen LogP contribution is -2.13. The van der Waals surface area contributed by atoms with Gasteiger partial charge in [-0.15, -0.1) is 0 Å². The average molecular weight is 418 g/mol. The molecule has 1 aromatic heterocycles. The fourth-order valence-corrected chi connectivity index (χ4v) is 4.65. The van der Waals surface area contributed by atoms with Gasteiger partial charge in [0.2, 0.25) is 5.91 Å². The molecule has 3 aromatic rings. The van der Waals surface area contributed by atoms with Crippen molar-refractivity contribution in [3.05, 3.63) is 48.0 Å². The van der Waals surface area contributed by atoms with Crippen LogP contribution < -0.4 is 10.0 Å². The Bertz CT molecular complexity index is 1090. The lowest BCUT2D eigenvalue weighted by atomic mass is 10.0. The first kappa shape index (κ1) is 20.3. The fraction of sp³-hybridized carbons (Fsp3) is 0.300. The molecule has 0 spiro atoms. The maximum atomic E-state index is 12.7. The Morgan fingerprint density at radius 1 is 1.14 bits per heavy atom. The van der Waals surface area contributed by atoms with Gasteiger partial charge in [-0.2, -0.15) is 0 Å². The summed E-state index contributed by atoms with van der Waals surface area (Å²) in [6.45, 7) is 6.02. The molecule has 2 aromatic carbocycles. The topological polar surface area (TPSA) is 88.2 Å². The van der Waals surface area contributed by atoms with E-state index in [0.29, 0.717) is 28.7 Å². The van der Waals surface area contributed by atoms with Crippen molar-refractivity contribution in [2.24, 2.45) is 5.92 Å². The average Bonchev–Trinajstić information content (AvgIpc) is 3.02. The van der Waals surface area contributed by atoms with Gasteiger partial charge in [0.1, 0.15) is 0 Å². The first-order valence-corrected chi connectivity index (χ1v) is 11.4. The number of sulfonamides is 1.